The van der Waals surface area contributed by atoms with Gasteiger partial charge < -0.3 is 23.7 Å². The molecular formula is C29H24O9. The molecule has 0 bridgehead atoms. The van der Waals surface area contributed by atoms with Gasteiger partial charge in [-0.15, -0.1) is 0 Å². The van der Waals surface area contributed by atoms with Crippen molar-refractivity contribution in [2.75, 3.05) is 6.79 Å². The summed E-state index contributed by atoms with van der Waals surface area (Å²) < 4.78 is 25.9. The van der Waals surface area contributed by atoms with Gasteiger partial charge in [-0.05, 0) is 86.6 Å². The van der Waals surface area contributed by atoms with Crippen LogP contribution in [0.4, 0.5) is 0 Å². The van der Waals surface area contributed by atoms with E-state index in [0.29, 0.717) is 5.75 Å². The SMILES string of the molecule is C=C(C)C(=O)OCOc1ccc(C(=O)Oc2ccc(OC(=O)c3ccc(OC(=O)C(=C)C)cc3)cc2)cc1. The number of benzene rings is 3. The number of hydrogen-bond donors (Lipinski definition) is 0. The number of rotatable bonds is 10. The second-order valence-corrected chi connectivity index (χ2v) is 7.94. The molecule has 3 aromatic rings. The Hall–Kier alpha value is -5.18. The molecule has 0 aromatic heterocycles. The second kappa shape index (κ2) is 12.7. The molecule has 0 fully saturated rings. The number of carbonyl (C=O) groups is 4. The van der Waals surface area contributed by atoms with Gasteiger partial charge in [0, 0.05) is 11.1 Å². The van der Waals surface area contributed by atoms with E-state index in [2.05, 4.69) is 13.2 Å². The molecular weight excluding hydrogens is 492 g/mol. The Morgan fingerprint density at radius 2 is 0.921 bits per heavy atom. The fourth-order valence-corrected chi connectivity index (χ4v) is 2.72. The molecule has 194 valence electrons. The Labute approximate surface area is 218 Å². The number of esters is 4. The fourth-order valence-electron chi connectivity index (χ4n) is 2.72. The first-order valence-corrected chi connectivity index (χ1v) is 11.2. The minimum Gasteiger partial charge on any atom is -0.457 e. The average molecular weight is 517 g/mol. The van der Waals surface area contributed by atoms with Crippen molar-refractivity contribution in [1.29, 1.82) is 0 Å². The van der Waals surface area contributed by atoms with Crippen LogP contribution in [-0.4, -0.2) is 30.7 Å². The zero-order chi connectivity index (χ0) is 27.7. The molecule has 0 aliphatic heterocycles. The Morgan fingerprint density at radius 1 is 0.553 bits per heavy atom. The van der Waals surface area contributed by atoms with Crippen LogP contribution < -0.4 is 18.9 Å². The average Bonchev–Trinajstić information content (AvgIpc) is 2.90. The molecule has 0 aliphatic carbocycles. The van der Waals surface area contributed by atoms with Crippen LogP contribution in [0.5, 0.6) is 23.0 Å². The van der Waals surface area contributed by atoms with Gasteiger partial charge in [-0.25, -0.2) is 19.2 Å². The molecule has 9 heteroatoms. The molecule has 0 atom stereocenters. The van der Waals surface area contributed by atoms with Gasteiger partial charge in [0.2, 0.25) is 6.79 Å². The Balaban J connectivity index is 1.50. The van der Waals surface area contributed by atoms with Gasteiger partial charge in [-0.3, -0.25) is 0 Å². The van der Waals surface area contributed by atoms with Crippen molar-refractivity contribution < 1.29 is 42.9 Å². The van der Waals surface area contributed by atoms with E-state index in [9.17, 15) is 19.2 Å². The molecule has 0 radical (unpaired) electrons. The topological polar surface area (TPSA) is 114 Å². The molecule has 3 rings (SSSR count). The van der Waals surface area contributed by atoms with Gasteiger partial charge in [-0.1, -0.05) is 13.2 Å². The molecule has 0 saturated heterocycles. The Kier molecular flexibility index (Phi) is 9.15. The molecule has 0 heterocycles. The number of ether oxygens (including phenoxy) is 5. The summed E-state index contributed by atoms with van der Waals surface area (Å²) in [6.45, 7) is 9.74. The summed E-state index contributed by atoms with van der Waals surface area (Å²) in [5.41, 5.74) is 1.03. The third-order valence-corrected chi connectivity index (χ3v) is 4.75. The maximum Gasteiger partial charge on any atom is 0.343 e. The molecule has 0 saturated carbocycles. The molecule has 9 nitrogen and oxygen atoms in total. The van der Waals surface area contributed by atoms with E-state index >= 15 is 0 Å². The maximum absolute atomic E-state index is 12.4. The standard InChI is InChI=1S/C29H24O9/c1-18(2)26(30)35-17-34-22-9-5-20(6-10-22)28(32)37-24-13-15-25(16-14-24)38-29(33)21-7-11-23(12-8-21)36-27(31)19(3)4/h5-16H,1,3,17H2,2,4H3. The van der Waals surface area contributed by atoms with E-state index in [-0.39, 0.29) is 46.3 Å². The Morgan fingerprint density at radius 3 is 1.34 bits per heavy atom. The summed E-state index contributed by atoms with van der Waals surface area (Å²) in [5, 5.41) is 0. The number of hydrogen-bond acceptors (Lipinski definition) is 9. The maximum atomic E-state index is 12.4. The van der Waals surface area contributed by atoms with E-state index in [0.717, 1.165) is 0 Å². The van der Waals surface area contributed by atoms with Crippen molar-refractivity contribution in [3.63, 3.8) is 0 Å². The first-order valence-electron chi connectivity index (χ1n) is 11.2. The lowest BCUT2D eigenvalue weighted by Gasteiger charge is -2.09. The summed E-state index contributed by atoms with van der Waals surface area (Å²) in [6, 6.07) is 17.8. The van der Waals surface area contributed by atoms with Crippen LogP contribution in [-0.2, 0) is 14.3 Å². The highest BCUT2D eigenvalue weighted by Crippen LogP contribution is 2.21. The molecule has 0 amide bonds. The number of carbonyl (C=O) groups excluding carboxylic acids is 4. The summed E-state index contributed by atoms with van der Waals surface area (Å²) in [6.07, 6.45) is 0. The normalized spacial score (nSPS) is 10.1. The van der Waals surface area contributed by atoms with Crippen LogP contribution in [0.1, 0.15) is 34.6 Å². The van der Waals surface area contributed by atoms with Gasteiger partial charge in [0.1, 0.15) is 23.0 Å². The minimum absolute atomic E-state index is 0.237. The summed E-state index contributed by atoms with van der Waals surface area (Å²) in [7, 11) is 0. The second-order valence-electron chi connectivity index (χ2n) is 7.94. The highest BCUT2D eigenvalue weighted by atomic mass is 16.7. The van der Waals surface area contributed by atoms with Crippen LogP contribution >= 0.6 is 0 Å². The lowest BCUT2D eigenvalue weighted by molar-refractivity contribution is -0.145. The van der Waals surface area contributed by atoms with Gasteiger partial charge >= 0.3 is 23.9 Å². The van der Waals surface area contributed by atoms with Crippen molar-refractivity contribution in [2.24, 2.45) is 0 Å². The molecule has 0 spiro atoms. The Bertz CT molecular complexity index is 1350. The van der Waals surface area contributed by atoms with Crippen LogP contribution in [0.2, 0.25) is 0 Å². The fraction of sp³-hybridized carbons (Fsp3) is 0.103. The van der Waals surface area contributed by atoms with Gasteiger partial charge in [0.25, 0.3) is 0 Å². The molecule has 38 heavy (non-hydrogen) atoms. The van der Waals surface area contributed by atoms with Crippen LogP contribution in [0.25, 0.3) is 0 Å². The summed E-state index contributed by atoms with van der Waals surface area (Å²) in [5.74, 6) is -1.22. The van der Waals surface area contributed by atoms with E-state index in [1.54, 1.807) is 0 Å². The zero-order valence-electron chi connectivity index (χ0n) is 20.7. The first kappa shape index (κ1) is 27.4. The zero-order valence-corrected chi connectivity index (χ0v) is 20.7. The van der Waals surface area contributed by atoms with Gasteiger partial charge in [-0.2, -0.15) is 0 Å². The van der Waals surface area contributed by atoms with Crippen molar-refractivity contribution in [3.05, 3.63) is 108 Å². The molecule has 0 aliphatic rings. The van der Waals surface area contributed by atoms with Crippen molar-refractivity contribution in [3.8, 4) is 23.0 Å². The largest absolute Gasteiger partial charge is 0.457 e. The quantitative estimate of drug-likeness (QED) is 0.158. The van der Waals surface area contributed by atoms with E-state index in [1.165, 1.54) is 86.6 Å². The van der Waals surface area contributed by atoms with Crippen LogP contribution in [0, 0.1) is 0 Å². The third-order valence-electron chi connectivity index (χ3n) is 4.75. The molecule has 0 N–H and O–H groups in total. The predicted molar refractivity (Wildman–Crippen MR) is 136 cm³/mol. The van der Waals surface area contributed by atoms with Gasteiger partial charge in [0.15, 0.2) is 0 Å². The van der Waals surface area contributed by atoms with Crippen LogP contribution in [0.15, 0.2) is 97.1 Å². The monoisotopic (exact) mass is 516 g/mol. The van der Waals surface area contributed by atoms with E-state index < -0.39 is 23.9 Å². The third kappa shape index (κ3) is 7.92. The van der Waals surface area contributed by atoms with Crippen LogP contribution in [0.3, 0.4) is 0 Å². The molecule has 0 unspecified atom stereocenters. The van der Waals surface area contributed by atoms with E-state index in [4.69, 9.17) is 23.7 Å². The summed E-state index contributed by atoms with van der Waals surface area (Å²) in [4.78, 5) is 47.7. The van der Waals surface area contributed by atoms with Crippen molar-refractivity contribution >= 4 is 23.9 Å². The summed E-state index contributed by atoms with van der Waals surface area (Å²) >= 11 is 0. The van der Waals surface area contributed by atoms with Crippen molar-refractivity contribution in [1.82, 2.24) is 0 Å². The highest BCUT2D eigenvalue weighted by Gasteiger charge is 2.13. The first-order chi connectivity index (χ1) is 18.1. The highest BCUT2D eigenvalue weighted by molar-refractivity contribution is 5.92. The smallest absolute Gasteiger partial charge is 0.343 e. The van der Waals surface area contributed by atoms with Gasteiger partial charge in [0.05, 0.1) is 11.1 Å². The lowest BCUT2D eigenvalue weighted by Crippen LogP contribution is -2.11. The minimum atomic E-state index is -0.621. The lowest BCUT2D eigenvalue weighted by atomic mass is 10.2. The van der Waals surface area contributed by atoms with E-state index in [1.807, 2.05) is 0 Å². The van der Waals surface area contributed by atoms with Crippen molar-refractivity contribution in [2.45, 2.75) is 13.8 Å². The predicted octanol–water partition coefficient (Wildman–Crippen LogP) is 5.06. The molecule has 3 aromatic carbocycles.